The van der Waals surface area contributed by atoms with Gasteiger partial charge in [-0.2, -0.15) is 0 Å². The SMILES string of the molecule is CCN(C(=O)CCC1CCNC1)C(C)CS(=O)(=O)CC. The van der Waals surface area contributed by atoms with Crippen molar-refractivity contribution in [3.63, 3.8) is 0 Å². The van der Waals surface area contributed by atoms with E-state index >= 15 is 0 Å². The molecule has 0 saturated carbocycles. The lowest BCUT2D eigenvalue weighted by Crippen LogP contribution is -2.42. The highest BCUT2D eigenvalue weighted by atomic mass is 32.2. The van der Waals surface area contributed by atoms with Gasteiger partial charge in [-0.05, 0) is 45.7 Å². The molecule has 0 aliphatic carbocycles. The monoisotopic (exact) mass is 304 g/mol. The molecule has 2 atom stereocenters. The summed E-state index contributed by atoms with van der Waals surface area (Å²) >= 11 is 0. The molecular weight excluding hydrogens is 276 g/mol. The van der Waals surface area contributed by atoms with Gasteiger partial charge in [-0.25, -0.2) is 8.42 Å². The number of nitrogens with zero attached hydrogens (tertiary/aromatic N) is 1. The zero-order valence-electron chi connectivity index (χ0n) is 12.9. The summed E-state index contributed by atoms with van der Waals surface area (Å²) < 4.78 is 23.3. The molecular formula is C14H28N2O3S. The summed E-state index contributed by atoms with van der Waals surface area (Å²) in [4.78, 5) is 14.0. The predicted octanol–water partition coefficient (Wildman–Crippen LogP) is 1.05. The largest absolute Gasteiger partial charge is 0.339 e. The third kappa shape index (κ3) is 5.40. The molecule has 1 aliphatic heterocycles. The number of hydrogen-bond acceptors (Lipinski definition) is 4. The van der Waals surface area contributed by atoms with Crippen LogP contribution >= 0.6 is 0 Å². The normalized spacial score (nSPS) is 20.9. The van der Waals surface area contributed by atoms with Crippen LogP contribution in [0.5, 0.6) is 0 Å². The molecule has 0 bridgehead atoms. The van der Waals surface area contributed by atoms with Crippen LogP contribution in [0.25, 0.3) is 0 Å². The Morgan fingerprint density at radius 2 is 2.10 bits per heavy atom. The van der Waals surface area contributed by atoms with Gasteiger partial charge in [-0.3, -0.25) is 4.79 Å². The van der Waals surface area contributed by atoms with E-state index in [1.807, 2.05) is 13.8 Å². The van der Waals surface area contributed by atoms with Gasteiger partial charge in [-0.1, -0.05) is 6.92 Å². The van der Waals surface area contributed by atoms with Crippen LogP contribution in [0.3, 0.4) is 0 Å². The lowest BCUT2D eigenvalue weighted by Gasteiger charge is -2.28. The molecule has 1 rings (SSSR count). The molecule has 20 heavy (non-hydrogen) atoms. The lowest BCUT2D eigenvalue weighted by molar-refractivity contribution is -0.132. The minimum atomic E-state index is -3.04. The Morgan fingerprint density at radius 1 is 1.40 bits per heavy atom. The van der Waals surface area contributed by atoms with E-state index in [9.17, 15) is 13.2 Å². The topological polar surface area (TPSA) is 66.5 Å². The van der Waals surface area contributed by atoms with Crippen molar-refractivity contribution in [3.8, 4) is 0 Å². The standard InChI is InChI=1S/C14H28N2O3S/c1-4-16(12(3)11-20(18,19)5-2)14(17)7-6-13-8-9-15-10-13/h12-13,15H,4-11H2,1-3H3. The van der Waals surface area contributed by atoms with E-state index in [1.54, 1.807) is 11.8 Å². The summed E-state index contributed by atoms with van der Waals surface area (Å²) in [6, 6.07) is -0.237. The van der Waals surface area contributed by atoms with Crippen molar-refractivity contribution in [2.24, 2.45) is 5.92 Å². The van der Waals surface area contributed by atoms with Crippen LogP contribution in [0, 0.1) is 5.92 Å². The fourth-order valence-corrected chi connectivity index (χ4v) is 3.89. The fraction of sp³-hybridized carbons (Fsp3) is 0.929. The third-order valence-corrected chi connectivity index (χ3v) is 5.93. The summed E-state index contributed by atoms with van der Waals surface area (Å²) in [7, 11) is -3.04. The summed E-state index contributed by atoms with van der Waals surface area (Å²) in [5.74, 6) is 0.871. The second kappa shape index (κ2) is 7.98. The number of hydrogen-bond donors (Lipinski definition) is 1. The maximum Gasteiger partial charge on any atom is 0.222 e. The van der Waals surface area contributed by atoms with Crippen LogP contribution in [0.4, 0.5) is 0 Å². The number of rotatable bonds is 8. The molecule has 1 saturated heterocycles. The zero-order chi connectivity index (χ0) is 15.2. The third-order valence-electron chi connectivity index (χ3n) is 4.06. The molecule has 1 amide bonds. The van der Waals surface area contributed by atoms with Gasteiger partial charge in [0.25, 0.3) is 0 Å². The molecule has 2 unspecified atom stereocenters. The highest BCUT2D eigenvalue weighted by Crippen LogP contribution is 2.16. The summed E-state index contributed by atoms with van der Waals surface area (Å²) in [6.07, 6.45) is 2.56. The smallest absolute Gasteiger partial charge is 0.222 e. The molecule has 0 aromatic heterocycles. The molecule has 6 heteroatoms. The molecule has 0 aromatic carbocycles. The first-order chi connectivity index (χ1) is 9.39. The van der Waals surface area contributed by atoms with Gasteiger partial charge in [0.05, 0.1) is 5.75 Å². The summed E-state index contributed by atoms with van der Waals surface area (Å²) in [5.41, 5.74) is 0. The van der Waals surface area contributed by atoms with Gasteiger partial charge in [0.15, 0.2) is 9.84 Å². The van der Waals surface area contributed by atoms with E-state index in [0.717, 1.165) is 25.9 Å². The predicted molar refractivity (Wildman–Crippen MR) is 81.4 cm³/mol. The number of nitrogens with one attached hydrogen (secondary N) is 1. The van der Waals surface area contributed by atoms with Crippen LogP contribution in [0.1, 0.15) is 40.0 Å². The van der Waals surface area contributed by atoms with E-state index < -0.39 is 9.84 Å². The van der Waals surface area contributed by atoms with Gasteiger partial charge in [0, 0.05) is 24.8 Å². The molecule has 0 spiro atoms. The van der Waals surface area contributed by atoms with E-state index in [0.29, 0.717) is 18.9 Å². The van der Waals surface area contributed by atoms with Crippen molar-refractivity contribution in [1.29, 1.82) is 0 Å². The minimum Gasteiger partial charge on any atom is -0.339 e. The Bertz CT molecular complexity index is 403. The lowest BCUT2D eigenvalue weighted by atomic mass is 10.0. The number of carbonyl (C=O) groups excluding carboxylic acids is 1. The first-order valence-corrected chi connectivity index (χ1v) is 9.42. The average molecular weight is 304 g/mol. The van der Waals surface area contributed by atoms with Gasteiger partial charge < -0.3 is 10.2 Å². The van der Waals surface area contributed by atoms with E-state index in [2.05, 4.69) is 5.32 Å². The Labute approximate surface area is 123 Å². The molecule has 1 aliphatic rings. The van der Waals surface area contributed by atoms with Gasteiger partial charge in [0.2, 0.25) is 5.91 Å². The number of carbonyl (C=O) groups is 1. The van der Waals surface area contributed by atoms with Crippen LogP contribution < -0.4 is 5.32 Å². The molecule has 0 aromatic rings. The molecule has 1 fully saturated rings. The van der Waals surface area contributed by atoms with E-state index in [4.69, 9.17) is 0 Å². The van der Waals surface area contributed by atoms with Crippen molar-refractivity contribution < 1.29 is 13.2 Å². The number of sulfone groups is 1. The second-order valence-corrected chi connectivity index (χ2v) is 8.02. The zero-order valence-corrected chi connectivity index (χ0v) is 13.7. The quantitative estimate of drug-likeness (QED) is 0.728. The Kier molecular flexibility index (Phi) is 6.95. The summed E-state index contributed by atoms with van der Waals surface area (Å²) in [5, 5.41) is 3.30. The molecule has 118 valence electrons. The highest BCUT2D eigenvalue weighted by Gasteiger charge is 2.24. The van der Waals surface area contributed by atoms with Gasteiger partial charge >= 0.3 is 0 Å². The first-order valence-electron chi connectivity index (χ1n) is 7.60. The highest BCUT2D eigenvalue weighted by molar-refractivity contribution is 7.91. The number of amides is 1. The maximum atomic E-state index is 12.3. The van der Waals surface area contributed by atoms with Crippen molar-refractivity contribution in [1.82, 2.24) is 10.2 Å². The second-order valence-electron chi connectivity index (χ2n) is 5.63. The van der Waals surface area contributed by atoms with Crippen LogP contribution in [0.15, 0.2) is 0 Å². The average Bonchev–Trinajstić information content (AvgIpc) is 2.89. The Morgan fingerprint density at radius 3 is 2.60 bits per heavy atom. The van der Waals surface area contributed by atoms with Crippen LogP contribution in [0.2, 0.25) is 0 Å². The van der Waals surface area contributed by atoms with E-state index in [1.165, 1.54) is 0 Å². The molecule has 1 N–H and O–H groups in total. The van der Waals surface area contributed by atoms with Crippen molar-refractivity contribution in [2.75, 3.05) is 31.1 Å². The maximum absolute atomic E-state index is 12.3. The van der Waals surface area contributed by atoms with Crippen LogP contribution in [-0.2, 0) is 14.6 Å². The first kappa shape index (κ1) is 17.4. The van der Waals surface area contributed by atoms with Gasteiger partial charge in [0.1, 0.15) is 0 Å². The minimum absolute atomic E-state index is 0.0636. The molecule has 1 heterocycles. The Balaban J connectivity index is 2.48. The van der Waals surface area contributed by atoms with Crippen molar-refractivity contribution in [2.45, 2.75) is 46.1 Å². The van der Waals surface area contributed by atoms with Gasteiger partial charge in [-0.15, -0.1) is 0 Å². The van der Waals surface area contributed by atoms with Crippen LogP contribution in [-0.4, -0.2) is 56.4 Å². The summed E-state index contributed by atoms with van der Waals surface area (Å²) in [6.45, 7) is 7.99. The van der Waals surface area contributed by atoms with Crippen molar-refractivity contribution >= 4 is 15.7 Å². The molecule has 5 nitrogen and oxygen atoms in total. The van der Waals surface area contributed by atoms with E-state index in [-0.39, 0.29) is 23.5 Å². The molecule has 0 radical (unpaired) electrons. The van der Waals surface area contributed by atoms with Crippen molar-refractivity contribution in [3.05, 3.63) is 0 Å². The fourth-order valence-electron chi connectivity index (χ4n) is 2.74. The Hall–Kier alpha value is -0.620.